The van der Waals surface area contributed by atoms with Crippen molar-refractivity contribution in [3.05, 3.63) is 51.0 Å². The van der Waals surface area contributed by atoms with E-state index in [4.69, 9.17) is 11.5 Å². The van der Waals surface area contributed by atoms with Gasteiger partial charge in [-0.1, -0.05) is 0 Å². The van der Waals surface area contributed by atoms with Crippen LogP contribution in [0, 0.1) is 11.8 Å². The molecule has 4 atom stereocenters. The Bertz CT molecular complexity index is 1280. The van der Waals surface area contributed by atoms with Crippen molar-refractivity contribution in [1.82, 2.24) is 4.90 Å². The highest BCUT2D eigenvalue weighted by Gasteiger charge is 2.63. The van der Waals surface area contributed by atoms with Gasteiger partial charge in [0.1, 0.15) is 22.8 Å². The molecule has 0 fully saturated rings. The molecule has 3 aliphatic rings. The van der Waals surface area contributed by atoms with Crippen LogP contribution in [0.2, 0.25) is 0 Å². The van der Waals surface area contributed by atoms with E-state index < -0.39 is 63.8 Å². The van der Waals surface area contributed by atoms with Gasteiger partial charge in [0.15, 0.2) is 17.2 Å². The molecule has 0 aromatic heterocycles. The molecule has 186 valence electrons. The largest absolute Gasteiger partial charge is 0.510 e. The number of rotatable bonds is 4. The van der Waals surface area contributed by atoms with Crippen molar-refractivity contribution in [2.24, 2.45) is 23.3 Å². The van der Waals surface area contributed by atoms with Crippen LogP contribution in [0.4, 0.5) is 0 Å². The van der Waals surface area contributed by atoms with Crippen LogP contribution in [0.3, 0.4) is 0 Å². The second-order valence-corrected chi connectivity index (χ2v) is 9.51. The van der Waals surface area contributed by atoms with Crippen molar-refractivity contribution < 1.29 is 39.6 Å². The van der Waals surface area contributed by atoms with E-state index in [1.54, 1.807) is 14.1 Å². The van der Waals surface area contributed by atoms with Gasteiger partial charge in [-0.15, -0.1) is 0 Å². The number of nitrogens with zero attached hydrogens (tertiary/aromatic N) is 1. The number of carbonyl (C=O) groups excluding carboxylic acids is 4. The number of benzene rings is 1. The first kappa shape index (κ1) is 24.6. The van der Waals surface area contributed by atoms with Crippen molar-refractivity contribution in [2.45, 2.75) is 38.0 Å². The van der Waals surface area contributed by atoms with E-state index >= 15 is 0 Å². The molecule has 8 N–H and O–H groups in total. The highest BCUT2D eigenvalue weighted by molar-refractivity contribution is 6.25. The van der Waals surface area contributed by atoms with E-state index in [9.17, 15) is 39.6 Å². The van der Waals surface area contributed by atoms with Gasteiger partial charge < -0.3 is 31.9 Å². The molecule has 1 amide bonds. The number of hydrogen-bond donors (Lipinski definition) is 6. The molecule has 11 nitrogen and oxygen atoms in total. The minimum absolute atomic E-state index is 0.0435. The Hall–Kier alpha value is -3.54. The van der Waals surface area contributed by atoms with Crippen LogP contribution >= 0.6 is 0 Å². The third kappa shape index (κ3) is 3.15. The fourth-order valence-corrected chi connectivity index (χ4v) is 5.84. The van der Waals surface area contributed by atoms with E-state index in [2.05, 4.69) is 0 Å². The molecule has 0 unspecified atom stereocenters. The zero-order valence-corrected chi connectivity index (χ0v) is 19.5. The van der Waals surface area contributed by atoms with E-state index in [1.165, 1.54) is 17.9 Å². The molecule has 0 spiro atoms. The third-order valence-corrected chi connectivity index (χ3v) is 7.40. The van der Waals surface area contributed by atoms with Gasteiger partial charge >= 0.3 is 0 Å². The number of carbonyl (C=O) groups is 4. The number of likely N-dealkylation sites (N-methyl/N-ethyl adjacent to an activating group) is 1. The number of allylic oxidation sites excluding steroid dienone is 1. The summed E-state index contributed by atoms with van der Waals surface area (Å²) in [6.45, 7) is 1.15. The summed E-state index contributed by atoms with van der Waals surface area (Å²) in [6.07, 6.45) is -0.00955. The standard InChI is InChI=1S/C24H27N3O8/c1-8(28)11-5-10(7-25)18(29)15-12(11)4-9-6-13-17(27(2)3)20(31)16(23(26)34)22(33)24(13,35)21(32)14(9)19(15)30/h5,9,13,17,29,31-32,35H,4,6-7,25H2,1-3H3,(H2,26,34)/t9-,13-,17-,24+/m0/s1. The number of nitrogens with two attached hydrogens (primary N) is 2. The Labute approximate surface area is 200 Å². The van der Waals surface area contributed by atoms with Crippen LogP contribution in [-0.2, 0) is 22.6 Å². The molecule has 0 saturated heterocycles. The maximum atomic E-state index is 13.6. The highest BCUT2D eigenvalue weighted by Crippen LogP contribution is 2.52. The SMILES string of the molecule is CC(=O)c1cc(CN)c(O)c2c1C[C@H]1C[C@H]3[C@H](N(C)C)C(O)=C(C(N)=O)C(=O)[C@]3(O)C(O)=C1C2=O. The summed E-state index contributed by atoms with van der Waals surface area (Å²) in [5.74, 6) is -7.73. The Morgan fingerprint density at radius 1 is 1.20 bits per heavy atom. The maximum absolute atomic E-state index is 13.6. The van der Waals surface area contributed by atoms with E-state index in [0.717, 1.165) is 0 Å². The summed E-state index contributed by atoms with van der Waals surface area (Å²) in [7, 11) is 3.10. The zero-order chi connectivity index (χ0) is 26.1. The molecule has 1 aromatic rings. The Balaban J connectivity index is 2.01. The number of amides is 1. The number of Topliss-reactive ketones (excluding diaryl/α,β-unsaturated/α-hetero) is 3. The zero-order valence-electron chi connectivity index (χ0n) is 19.5. The summed E-state index contributed by atoms with van der Waals surface area (Å²) in [5, 5.41) is 44.3. The van der Waals surface area contributed by atoms with Crippen LogP contribution in [0.15, 0.2) is 28.7 Å². The van der Waals surface area contributed by atoms with Gasteiger partial charge in [-0.2, -0.15) is 0 Å². The van der Waals surface area contributed by atoms with Crippen molar-refractivity contribution >= 4 is 23.3 Å². The van der Waals surface area contributed by atoms with E-state index in [0.29, 0.717) is 0 Å². The topological polar surface area (TPSA) is 204 Å². The Morgan fingerprint density at radius 3 is 2.34 bits per heavy atom. The van der Waals surface area contributed by atoms with Crippen LogP contribution in [0.25, 0.3) is 0 Å². The Morgan fingerprint density at radius 2 is 1.83 bits per heavy atom. The molecule has 0 bridgehead atoms. The molecular formula is C24H27N3O8. The quantitative estimate of drug-likeness (QED) is 0.244. The van der Waals surface area contributed by atoms with Gasteiger partial charge in [0.05, 0.1) is 11.6 Å². The summed E-state index contributed by atoms with van der Waals surface area (Å²) >= 11 is 0. The molecule has 0 heterocycles. The van der Waals surface area contributed by atoms with Crippen LogP contribution in [0.1, 0.15) is 45.2 Å². The number of primary amides is 1. The predicted octanol–water partition coefficient (Wildman–Crippen LogP) is -0.218. The lowest BCUT2D eigenvalue weighted by molar-refractivity contribution is -0.148. The van der Waals surface area contributed by atoms with Crippen LogP contribution in [-0.4, -0.2) is 74.3 Å². The molecule has 1 aromatic carbocycles. The van der Waals surface area contributed by atoms with E-state index in [-0.39, 0.29) is 53.0 Å². The van der Waals surface area contributed by atoms with Gasteiger partial charge in [-0.05, 0) is 51.4 Å². The predicted molar refractivity (Wildman–Crippen MR) is 122 cm³/mol. The number of hydrogen-bond acceptors (Lipinski definition) is 10. The summed E-state index contributed by atoms with van der Waals surface area (Å²) in [5.41, 5.74) is 7.53. The van der Waals surface area contributed by atoms with Gasteiger partial charge in [0, 0.05) is 29.2 Å². The maximum Gasteiger partial charge on any atom is 0.255 e. The number of aliphatic hydroxyl groups is 3. The summed E-state index contributed by atoms with van der Waals surface area (Å²) in [6, 6.07) is 0.346. The monoisotopic (exact) mass is 485 g/mol. The summed E-state index contributed by atoms with van der Waals surface area (Å²) < 4.78 is 0. The van der Waals surface area contributed by atoms with Crippen molar-refractivity contribution in [3.8, 4) is 5.75 Å². The van der Waals surface area contributed by atoms with Gasteiger partial charge in [0.25, 0.3) is 5.91 Å². The third-order valence-electron chi connectivity index (χ3n) is 7.40. The average Bonchev–Trinajstić information content (AvgIpc) is 2.75. The van der Waals surface area contributed by atoms with Crippen LogP contribution in [0.5, 0.6) is 5.75 Å². The van der Waals surface area contributed by atoms with Crippen molar-refractivity contribution in [1.29, 1.82) is 0 Å². The second-order valence-electron chi connectivity index (χ2n) is 9.51. The fraction of sp³-hybridized carbons (Fsp3) is 0.417. The lowest BCUT2D eigenvalue weighted by atomic mass is 9.58. The lowest BCUT2D eigenvalue weighted by Gasteiger charge is -2.50. The number of phenols is 1. The smallest absolute Gasteiger partial charge is 0.255 e. The average molecular weight is 485 g/mol. The van der Waals surface area contributed by atoms with Gasteiger partial charge in [0.2, 0.25) is 5.78 Å². The highest BCUT2D eigenvalue weighted by atomic mass is 16.3. The minimum Gasteiger partial charge on any atom is -0.510 e. The number of ketones is 3. The molecule has 0 radical (unpaired) electrons. The molecule has 0 aliphatic heterocycles. The van der Waals surface area contributed by atoms with Crippen molar-refractivity contribution in [3.63, 3.8) is 0 Å². The summed E-state index contributed by atoms with van der Waals surface area (Å²) in [4.78, 5) is 52.7. The first-order chi connectivity index (χ1) is 16.3. The molecular weight excluding hydrogens is 458 g/mol. The van der Waals surface area contributed by atoms with Crippen molar-refractivity contribution in [2.75, 3.05) is 14.1 Å². The second kappa shape index (κ2) is 8.01. The molecule has 3 aliphatic carbocycles. The number of fused-ring (bicyclic) bond motifs is 3. The molecule has 0 saturated carbocycles. The molecule has 4 rings (SSSR count). The van der Waals surface area contributed by atoms with Gasteiger partial charge in [-0.25, -0.2) is 0 Å². The van der Waals surface area contributed by atoms with Gasteiger partial charge in [-0.3, -0.25) is 24.1 Å². The fourth-order valence-electron chi connectivity index (χ4n) is 5.84. The minimum atomic E-state index is -2.71. The number of aliphatic hydroxyl groups excluding tert-OH is 2. The Kier molecular flexibility index (Phi) is 5.62. The lowest BCUT2D eigenvalue weighted by Crippen LogP contribution is -2.63. The normalized spacial score (nSPS) is 28.1. The number of phenolic OH excluding ortho intramolecular Hbond substituents is 1. The first-order valence-electron chi connectivity index (χ1n) is 11.0. The number of aromatic hydroxyl groups is 1. The van der Waals surface area contributed by atoms with Crippen LogP contribution < -0.4 is 11.5 Å². The molecule has 35 heavy (non-hydrogen) atoms. The molecule has 11 heteroatoms. The first-order valence-corrected chi connectivity index (χ1v) is 11.0. The van der Waals surface area contributed by atoms with E-state index in [1.807, 2.05) is 0 Å².